The van der Waals surface area contributed by atoms with Gasteiger partial charge in [0.25, 0.3) is 0 Å². The molecule has 7 nitrogen and oxygen atoms in total. The molecule has 0 saturated carbocycles. The van der Waals surface area contributed by atoms with Gasteiger partial charge in [-0.15, -0.1) is 15.3 Å². The maximum atomic E-state index is 9.65. The lowest BCUT2D eigenvalue weighted by Crippen LogP contribution is -2.11. The lowest BCUT2D eigenvalue weighted by atomic mass is 9.97. The van der Waals surface area contributed by atoms with E-state index in [0.29, 0.717) is 30.4 Å². The summed E-state index contributed by atoms with van der Waals surface area (Å²) in [6, 6.07) is 0. The minimum Gasteiger partial charge on any atom is -0.423 e. The van der Waals surface area contributed by atoms with E-state index in [2.05, 4.69) is 20.5 Å². The van der Waals surface area contributed by atoms with Crippen LogP contribution in [0, 0.1) is 0 Å². The second-order valence-electron chi connectivity index (χ2n) is 5.52. The van der Waals surface area contributed by atoms with Crippen molar-refractivity contribution in [3.8, 4) is 0 Å². The highest BCUT2D eigenvalue weighted by Crippen LogP contribution is 2.20. The van der Waals surface area contributed by atoms with Crippen LogP contribution in [0.4, 0.5) is 0 Å². The monoisotopic (exact) mass is 265 g/mol. The highest BCUT2D eigenvalue weighted by molar-refractivity contribution is 4.99. The van der Waals surface area contributed by atoms with Crippen LogP contribution in [-0.2, 0) is 12.0 Å². The Morgan fingerprint density at radius 1 is 1.32 bits per heavy atom. The molecule has 1 atom stereocenters. The molecule has 0 fully saturated rings. The fourth-order valence-corrected chi connectivity index (χ4v) is 1.51. The van der Waals surface area contributed by atoms with Gasteiger partial charge >= 0.3 is 0 Å². The zero-order valence-corrected chi connectivity index (χ0v) is 11.7. The van der Waals surface area contributed by atoms with Crippen LogP contribution < -0.4 is 0 Å². The van der Waals surface area contributed by atoms with Crippen molar-refractivity contribution in [2.24, 2.45) is 0 Å². The fraction of sp³-hybridized carbons (Fsp3) is 0.667. The molecule has 0 saturated heterocycles. The Balaban J connectivity index is 2.09. The summed E-state index contributed by atoms with van der Waals surface area (Å²) in [4.78, 5) is 0. The van der Waals surface area contributed by atoms with Crippen LogP contribution in [0.3, 0.4) is 0 Å². The van der Waals surface area contributed by atoms with E-state index in [-0.39, 0.29) is 5.41 Å². The quantitative estimate of drug-likeness (QED) is 0.899. The molecule has 0 aliphatic heterocycles. The molecule has 7 heteroatoms. The zero-order valence-electron chi connectivity index (χ0n) is 11.7. The summed E-state index contributed by atoms with van der Waals surface area (Å²) in [5.41, 5.74) is 0.384. The van der Waals surface area contributed by atoms with Gasteiger partial charge in [0, 0.05) is 5.41 Å². The molecule has 0 aliphatic carbocycles. The van der Waals surface area contributed by atoms with Crippen molar-refractivity contribution >= 4 is 0 Å². The standard InChI is InChI=1S/C12H19N5O2/c1-5-9(18)8-6-17(16-13-8)7-10-14-15-11(19-10)12(2,3)4/h6,9,18H,5,7H2,1-4H3. The van der Waals surface area contributed by atoms with Gasteiger partial charge < -0.3 is 9.52 Å². The van der Waals surface area contributed by atoms with Crippen molar-refractivity contribution in [3.05, 3.63) is 23.7 Å². The van der Waals surface area contributed by atoms with Crippen LogP contribution in [0.25, 0.3) is 0 Å². The van der Waals surface area contributed by atoms with Crippen LogP contribution >= 0.6 is 0 Å². The Morgan fingerprint density at radius 3 is 2.63 bits per heavy atom. The largest absolute Gasteiger partial charge is 0.423 e. The van der Waals surface area contributed by atoms with Crippen molar-refractivity contribution in [1.82, 2.24) is 25.2 Å². The smallest absolute Gasteiger partial charge is 0.238 e. The molecule has 0 aliphatic rings. The van der Waals surface area contributed by atoms with E-state index in [9.17, 15) is 5.11 Å². The van der Waals surface area contributed by atoms with Crippen LogP contribution in [0.2, 0.25) is 0 Å². The molecule has 0 amide bonds. The maximum absolute atomic E-state index is 9.65. The molecule has 0 bridgehead atoms. The van der Waals surface area contributed by atoms with E-state index < -0.39 is 6.10 Å². The number of rotatable bonds is 4. The fourth-order valence-electron chi connectivity index (χ4n) is 1.51. The summed E-state index contributed by atoms with van der Waals surface area (Å²) in [5, 5.41) is 25.5. The van der Waals surface area contributed by atoms with Gasteiger partial charge in [-0.3, -0.25) is 0 Å². The third kappa shape index (κ3) is 3.17. The molecular formula is C12H19N5O2. The molecular weight excluding hydrogens is 246 g/mol. The predicted octanol–water partition coefficient (Wildman–Crippen LogP) is 1.45. The third-order valence-corrected chi connectivity index (χ3v) is 2.69. The first-order valence-electron chi connectivity index (χ1n) is 6.31. The van der Waals surface area contributed by atoms with Crippen LogP contribution in [0.15, 0.2) is 10.6 Å². The zero-order chi connectivity index (χ0) is 14.0. The van der Waals surface area contributed by atoms with Gasteiger partial charge in [-0.2, -0.15) is 0 Å². The maximum Gasteiger partial charge on any atom is 0.238 e. The highest BCUT2D eigenvalue weighted by atomic mass is 16.4. The number of nitrogens with zero attached hydrogens (tertiary/aromatic N) is 5. The Labute approximate surface area is 111 Å². The molecule has 2 aromatic heterocycles. The third-order valence-electron chi connectivity index (χ3n) is 2.69. The lowest BCUT2D eigenvalue weighted by molar-refractivity contribution is 0.168. The van der Waals surface area contributed by atoms with Gasteiger partial charge in [0.15, 0.2) is 0 Å². The molecule has 19 heavy (non-hydrogen) atoms. The van der Waals surface area contributed by atoms with Crippen molar-refractivity contribution in [2.45, 2.75) is 52.2 Å². The number of aliphatic hydroxyl groups is 1. The Bertz CT molecular complexity index is 540. The minimum absolute atomic E-state index is 0.169. The number of aliphatic hydroxyl groups excluding tert-OH is 1. The van der Waals surface area contributed by atoms with Gasteiger partial charge in [-0.25, -0.2) is 4.68 Å². The summed E-state index contributed by atoms with van der Waals surface area (Å²) in [6.45, 7) is 8.27. The predicted molar refractivity (Wildman–Crippen MR) is 67.4 cm³/mol. The first-order chi connectivity index (χ1) is 8.90. The molecule has 0 aromatic carbocycles. The topological polar surface area (TPSA) is 89.9 Å². The summed E-state index contributed by atoms with van der Waals surface area (Å²) in [6.07, 6.45) is 1.71. The number of aromatic nitrogens is 5. The Kier molecular flexibility index (Phi) is 3.66. The van der Waals surface area contributed by atoms with Crippen molar-refractivity contribution in [3.63, 3.8) is 0 Å². The van der Waals surface area contributed by atoms with E-state index in [1.165, 1.54) is 0 Å². The molecule has 2 heterocycles. The van der Waals surface area contributed by atoms with E-state index in [1.54, 1.807) is 10.9 Å². The van der Waals surface area contributed by atoms with Crippen molar-refractivity contribution in [1.29, 1.82) is 0 Å². The summed E-state index contributed by atoms with van der Waals surface area (Å²) in [5.74, 6) is 1.07. The number of hydrogen-bond donors (Lipinski definition) is 1. The van der Waals surface area contributed by atoms with Gasteiger partial charge in [0.1, 0.15) is 12.2 Å². The van der Waals surface area contributed by atoms with Gasteiger partial charge in [0.2, 0.25) is 11.8 Å². The molecule has 1 N–H and O–H groups in total. The number of hydrogen-bond acceptors (Lipinski definition) is 6. The van der Waals surface area contributed by atoms with Crippen molar-refractivity contribution in [2.75, 3.05) is 0 Å². The van der Waals surface area contributed by atoms with Crippen LogP contribution in [0.5, 0.6) is 0 Å². The van der Waals surface area contributed by atoms with E-state index in [4.69, 9.17) is 4.42 Å². The second-order valence-corrected chi connectivity index (χ2v) is 5.52. The van der Waals surface area contributed by atoms with Crippen LogP contribution in [0.1, 0.15) is 57.7 Å². The summed E-state index contributed by atoms with van der Waals surface area (Å²) < 4.78 is 7.15. The van der Waals surface area contributed by atoms with Gasteiger partial charge in [0.05, 0.1) is 12.3 Å². The summed E-state index contributed by atoms with van der Waals surface area (Å²) >= 11 is 0. The SMILES string of the molecule is CCC(O)c1cn(Cc2nnc(C(C)(C)C)o2)nn1. The molecule has 2 aromatic rings. The minimum atomic E-state index is -0.582. The van der Waals surface area contributed by atoms with Crippen LogP contribution in [-0.4, -0.2) is 30.3 Å². The first-order valence-corrected chi connectivity index (χ1v) is 6.31. The second kappa shape index (κ2) is 5.08. The van der Waals surface area contributed by atoms with E-state index in [0.717, 1.165) is 0 Å². The van der Waals surface area contributed by atoms with Crippen molar-refractivity contribution < 1.29 is 9.52 Å². The summed E-state index contributed by atoms with van der Waals surface area (Å²) in [7, 11) is 0. The molecule has 0 radical (unpaired) electrons. The molecule has 1 unspecified atom stereocenters. The van der Waals surface area contributed by atoms with Gasteiger partial charge in [-0.1, -0.05) is 32.9 Å². The Hall–Kier alpha value is -1.76. The Morgan fingerprint density at radius 2 is 2.05 bits per heavy atom. The molecule has 2 rings (SSSR count). The molecule has 0 spiro atoms. The van der Waals surface area contributed by atoms with E-state index in [1.807, 2.05) is 27.7 Å². The normalized spacial score (nSPS) is 13.7. The average Bonchev–Trinajstić information content (AvgIpc) is 2.97. The lowest BCUT2D eigenvalue weighted by Gasteiger charge is -2.10. The average molecular weight is 265 g/mol. The van der Waals surface area contributed by atoms with E-state index >= 15 is 0 Å². The first kappa shape index (κ1) is 13.7. The highest BCUT2D eigenvalue weighted by Gasteiger charge is 2.21. The molecule has 104 valence electrons. The van der Waals surface area contributed by atoms with Gasteiger partial charge in [-0.05, 0) is 6.42 Å².